The maximum Gasteiger partial charge on any atom is 0.267 e. The number of carbonyl (C=O) groups excluding carboxylic acids is 1. The summed E-state index contributed by atoms with van der Waals surface area (Å²) in [6.07, 6.45) is 2.86. The molecule has 0 aliphatic heterocycles. The van der Waals surface area contributed by atoms with Crippen LogP contribution < -0.4 is 5.32 Å². The molecule has 4 nitrogen and oxygen atoms in total. The van der Waals surface area contributed by atoms with Gasteiger partial charge in [-0.2, -0.15) is 5.26 Å². The lowest BCUT2D eigenvalue weighted by atomic mass is 9.96. The van der Waals surface area contributed by atoms with Gasteiger partial charge in [0.25, 0.3) is 5.91 Å². The zero-order valence-electron chi connectivity index (χ0n) is 11.0. The number of nitriles is 1. The van der Waals surface area contributed by atoms with Gasteiger partial charge in [0.2, 0.25) is 0 Å². The molecule has 1 N–H and O–H groups in total. The Morgan fingerprint density at radius 1 is 1.61 bits per heavy atom. The van der Waals surface area contributed by atoms with Gasteiger partial charge in [-0.1, -0.05) is 6.92 Å². The Balaban J connectivity index is 2.76. The van der Waals surface area contributed by atoms with Crippen molar-refractivity contribution in [1.82, 2.24) is 9.88 Å². The highest BCUT2D eigenvalue weighted by atomic mass is 79.9. The second kappa shape index (κ2) is 6.05. The van der Waals surface area contributed by atoms with E-state index in [0.29, 0.717) is 12.2 Å². The van der Waals surface area contributed by atoms with Crippen LogP contribution in [0.5, 0.6) is 0 Å². The Morgan fingerprint density at radius 2 is 2.28 bits per heavy atom. The minimum Gasteiger partial charge on any atom is -0.349 e. The highest BCUT2D eigenvalue weighted by Gasteiger charge is 2.19. The first-order valence-electron chi connectivity index (χ1n) is 5.94. The Labute approximate surface area is 116 Å². The lowest BCUT2D eigenvalue weighted by molar-refractivity contribution is 0.0934. The van der Waals surface area contributed by atoms with Crippen LogP contribution in [-0.4, -0.2) is 17.0 Å². The maximum atomic E-state index is 12.1. The molecule has 98 valence electrons. The number of hydrogen-bond acceptors (Lipinski definition) is 2. The summed E-state index contributed by atoms with van der Waals surface area (Å²) in [5.41, 5.74) is 0.0761. The Kier molecular flexibility index (Phi) is 4.97. The van der Waals surface area contributed by atoms with Crippen molar-refractivity contribution in [3.05, 3.63) is 22.4 Å². The van der Waals surface area contributed by atoms with E-state index in [2.05, 4.69) is 34.2 Å². The molecule has 0 aliphatic rings. The van der Waals surface area contributed by atoms with Crippen LogP contribution >= 0.6 is 15.9 Å². The second-order valence-corrected chi connectivity index (χ2v) is 5.83. The summed E-state index contributed by atoms with van der Waals surface area (Å²) in [5, 5.41) is 11.7. The zero-order valence-corrected chi connectivity index (χ0v) is 12.5. The van der Waals surface area contributed by atoms with Crippen LogP contribution in [0, 0.1) is 16.7 Å². The van der Waals surface area contributed by atoms with Crippen molar-refractivity contribution in [3.8, 4) is 6.07 Å². The van der Waals surface area contributed by atoms with E-state index < -0.39 is 5.41 Å². The lowest BCUT2D eigenvalue weighted by Gasteiger charge is -2.16. The summed E-state index contributed by atoms with van der Waals surface area (Å²) in [6.45, 7) is 6.81. The van der Waals surface area contributed by atoms with Crippen molar-refractivity contribution < 1.29 is 4.79 Å². The quantitative estimate of drug-likeness (QED) is 0.909. The number of hydrogen-bond donors (Lipinski definition) is 1. The van der Waals surface area contributed by atoms with Gasteiger partial charge in [0.1, 0.15) is 5.69 Å². The molecule has 1 aromatic heterocycles. The lowest BCUT2D eigenvalue weighted by Crippen LogP contribution is -2.34. The average molecular weight is 312 g/mol. The first kappa shape index (κ1) is 14.8. The monoisotopic (exact) mass is 311 g/mol. The number of rotatable bonds is 5. The zero-order chi connectivity index (χ0) is 13.8. The summed E-state index contributed by atoms with van der Waals surface area (Å²) < 4.78 is 2.80. The Hall–Kier alpha value is -1.28. The third-order valence-corrected chi connectivity index (χ3v) is 2.99. The molecular weight excluding hydrogens is 294 g/mol. The van der Waals surface area contributed by atoms with Gasteiger partial charge < -0.3 is 9.88 Å². The fourth-order valence-electron chi connectivity index (χ4n) is 1.52. The fourth-order valence-corrected chi connectivity index (χ4v) is 1.99. The van der Waals surface area contributed by atoms with Gasteiger partial charge in [0.15, 0.2) is 0 Å². The van der Waals surface area contributed by atoms with E-state index in [1.54, 1.807) is 19.9 Å². The first-order chi connectivity index (χ1) is 8.39. The van der Waals surface area contributed by atoms with E-state index in [4.69, 9.17) is 5.26 Å². The molecule has 0 aromatic carbocycles. The molecule has 1 heterocycles. The van der Waals surface area contributed by atoms with E-state index in [-0.39, 0.29) is 5.91 Å². The maximum absolute atomic E-state index is 12.1. The normalized spacial score (nSPS) is 11.1. The number of carbonyl (C=O) groups is 1. The number of halogens is 1. The minimum atomic E-state index is -0.547. The highest BCUT2D eigenvalue weighted by Crippen LogP contribution is 2.16. The van der Waals surface area contributed by atoms with E-state index in [1.165, 1.54) is 0 Å². The molecule has 1 aromatic rings. The molecule has 5 heteroatoms. The van der Waals surface area contributed by atoms with E-state index in [1.807, 2.05) is 10.8 Å². The third kappa shape index (κ3) is 3.88. The van der Waals surface area contributed by atoms with Gasteiger partial charge in [-0.15, -0.1) is 0 Å². The first-order valence-corrected chi connectivity index (χ1v) is 6.74. The van der Waals surface area contributed by atoms with Crippen LogP contribution in [-0.2, 0) is 6.54 Å². The molecule has 0 radical (unpaired) electrons. The summed E-state index contributed by atoms with van der Waals surface area (Å²) in [6, 6.07) is 3.96. The molecule has 0 fully saturated rings. The molecule has 0 spiro atoms. The summed E-state index contributed by atoms with van der Waals surface area (Å²) in [5.74, 6) is -0.141. The van der Waals surface area contributed by atoms with E-state index in [9.17, 15) is 4.79 Å². The van der Waals surface area contributed by atoms with Crippen LogP contribution in [0.2, 0.25) is 0 Å². The topological polar surface area (TPSA) is 57.8 Å². The SMILES string of the molecule is CCCn1cc(Br)cc1C(=O)NCC(C)(C)C#N. The number of aromatic nitrogens is 1. The average Bonchev–Trinajstić information content (AvgIpc) is 2.68. The predicted octanol–water partition coefficient (Wildman–Crippen LogP) is 2.94. The van der Waals surface area contributed by atoms with Crippen LogP contribution in [0.25, 0.3) is 0 Å². The van der Waals surface area contributed by atoms with Gasteiger partial charge in [0.05, 0.1) is 11.5 Å². The smallest absolute Gasteiger partial charge is 0.267 e. The molecule has 0 unspecified atom stereocenters. The molecule has 1 amide bonds. The van der Waals surface area contributed by atoms with Gasteiger partial charge in [-0.3, -0.25) is 4.79 Å². The molecule has 0 saturated carbocycles. The van der Waals surface area contributed by atoms with Crippen molar-refractivity contribution in [2.24, 2.45) is 5.41 Å². The standard InChI is InChI=1S/C13H18BrN3O/c1-4-5-17-7-10(14)6-11(17)12(18)16-9-13(2,3)8-15/h6-7H,4-5,9H2,1-3H3,(H,16,18). The van der Waals surface area contributed by atoms with Crippen molar-refractivity contribution in [3.63, 3.8) is 0 Å². The molecule has 1 rings (SSSR count). The van der Waals surface area contributed by atoms with Gasteiger partial charge in [-0.25, -0.2) is 0 Å². The molecule has 0 aliphatic carbocycles. The second-order valence-electron chi connectivity index (χ2n) is 4.92. The minimum absolute atomic E-state index is 0.141. The molecular formula is C13H18BrN3O. The van der Waals surface area contributed by atoms with Crippen LogP contribution in [0.15, 0.2) is 16.7 Å². The number of nitrogens with zero attached hydrogens (tertiary/aromatic N) is 2. The summed E-state index contributed by atoms with van der Waals surface area (Å²) in [7, 11) is 0. The largest absolute Gasteiger partial charge is 0.349 e. The summed E-state index contributed by atoms with van der Waals surface area (Å²) >= 11 is 3.37. The van der Waals surface area contributed by atoms with Crippen LogP contribution in [0.1, 0.15) is 37.7 Å². The number of amides is 1. The van der Waals surface area contributed by atoms with Gasteiger partial charge in [0, 0.05) is 23.8 Å². The summed E-state index contributed by atoms with van der Waals surface area (Å²) in [4.78, 5) is 12.1. The van der Waals surface area contributed by atoms with Crippen LogP contribution in [0.4, 0.5) is 0 Å². The number of aryl methyl sites for hydroxylation is 1. The van der Waals surface area contributed by atoms with E-state index in [0.717, 1.165) is 17.4 Å². The predicted molar refractivity (Wildman–Crippen MR) is 74.2 cm³/mol. The van der Waals surface area contributed by atoms with Crippen molar-refractivity contribution in [1.29, 1.82) is 5.26 Å². The Morgan fingerprint density at radius 3 is 2.83 bits per heavy atom. The fraction of sp³-hybridized carbons (Fsp3) is 0.538. The van der Waals surface area contributed by atoms with Crippen LogP contribution in [0.3, 0.4) is 0 Å². The molecule has 0 atom stereocenters. The van der Waals surface area contributed by atoms with Crippen molar-refractivity contribution >= 4 is 21.8 Å². The van der Waals surface area contributed by atoms with Crippen molar-refractivity contribution in [2.75, 3.05) is 6.54 Å². The van der Waals surface area contributed by atoms with Gasteiger partial charge >= 0.3 is 0 Å². The molecule has 18 heavy (non-hydrogen) atoms. The van der Waals surface area contributed by atoms with Crippen molar-refractivity contribution in [2.45, 2.75) is 33.7 Å². The molecule has 0 bridgehead atoms. The van der Waals surface area contributed by atoms with E-state index >= 15 is 0 Å². The third-order valence-electron chi connectivity index (χ3n) is 2.55. The highest BCUT2D eigenvalue weighted by molar-refractivity contribution is 9.10. The number of nitrogens with one attached hydrogen (secondary N) is 1. The Bertz CT molecular complexity index is 471. The van der Waals surface area contributed by atoms with Gasteiger partial charge in [-0.05, 0) is 42.3 Å². The molecule has 0 saturated heterocycles.